The number of fused-ring (bicyclic) bond motifs is 1. The second-order valence-electron chi connectivity index (χ2n) is 7.14. The fourth-order valence-electron chi connectivity index (χ4n) is 3.89. The van der Waals surface area contributed by atoms with Crippen molar-refractivity contribution in [1.82, 2.24) is 14.9 Å². The topological polar surface area (TPSA) is 59.0 Å². The molecule has 2 aromatic carbocycles. The van der Waals surface area contributed by atoms with Crippen LogP contribution >= 0.6 is 0 Å². The number of aryl methyl sites for hydroxylation is 2. The maximum absolute atomic E-state index is 12.8. The molecule has 1 aliphatic carbocycles. The normalized spacial score (nSPS) is 18.6. The van der Waals surface area contributed by atoms with Crippen LogP contribution < -0.4 is 10.6 Å². The number of anilines is 1. The van der Waals surface area contributed by atoms with Gasteiger partial charge in [-0.25, -0.2) is 9.78 Å². The van der Waals surface area contributed by atoms with E-state index in [1.54, 1.807) is 6.20 Å². The van der Waals surface area contributed by atoms with Gasteiger partial charge in [0.05, 0.1) is 18.4 Å². The molecular formula is C22H24N4O. The first kappa shape index (κ1) is 17.3. The van der Waals surface area contributed by atoms with E-state index in [4.69, 9.17) is 0 Å². The Bertz CT molecular complexity index is 949. The minimum absolute atomic E-state index is 0.103. The number of urea groups is 1. The zero-order valence-electron chi connectivity index (χ0n) is 15.6. The monoisotopic (exact) mass is 360 g/mol. The van der Waals surface area contributed by atoms with E-state index in [0.29, 0.717) is 0 Å². The summed E-state index contributed by atoms with van der Waals surface area (Å²) in [5, 5.41) is 6.23. The van der Waals surface area contributed by atoms with Crippen LogP contribution in [-0.2, 0) is 6.42 Å². The number of nitrogens with one attached hydrogen (secondary N) is 2. The first-order valence-corrected chi connectivity index (χ1v) is 9.32. The van der Waals surface area contributed by atoms with Crippen molar-refractivity contribution in [2.24, 2.45) is 0 Å². The summed E-state index contributed by atoms with van der Waals surface area (Å²) in [7, 11) is 0. The Morgan fingerprint density at radius 3 is 2.81 bits per heavy atom. The molecule has 0 spiro atoms. The van der Waals surface area contributed by atoms with Gasteiger partial charge in [0.2, 0.25) is 0 Å². The molecule has 0 fully saturated rings. The summed E-state index contributed by atoms with van der Waals surface area (Å²) < 4.78 is 2.10. The van der Waals surface area contributed by atoms with Crippen LogP contribution in [0.1, 0.15) is 40.8 Å². The lowest BCUT2D eigenvalue weighted by molar-refractivity contribution is 0.239. The molecule has 2 atom stereocenters. The fourth-order valence-corrected chi connectivity index (χ4v) is 3.89. The summed E-state index contributed by atoms with van der Waals surface area (Å²) in [6.07, 6.45) is 7.54. The highest BCUT2D eigenvalue weighted by Gasteiger charge is 2.31. The Hall–Kier alpha value is -3.08. The summed E-state index contributed by atoms with van der Waals surface area (Å²) in [4.78, 5) is 17.0. The maximum Gasteiger partial charge on any atom is 0.319 e. The second-order valence-corrected chi connectivity index (χ2v) is 7.14. The number of amides is 2. The molecule has 5 nitrogen and oxygen atoms in total. The van der Waals surface area contributed by atoms with Crippen LogP contribution in [0, 0.1) is 13.8 Å². The van der Waals surface area contributed by atoms with Gasteiger partial charge < -0.3 is 15.2 Å². The highest BCUT2D eigenvalue weighted by atomic mass is 16.2. The van der Waals surface area contributed by atoms with Crippen molar-refractivity contribution in [3.63, 3.8) is 0 Å². The van der Waals surface area contributed by atoms with Gasteiger partial charge in [-0.1, -0.05) is 36.4 Å². The van der Waals surface area contributed by atoms with Crippen molar-refractivity contribution in [3.8, 4) is 0 Å². The predicted molar refractivity (Wildman–Crippen MR) is 107 cm³/mol. The lowest BCUT2D eigenvalue weighted by Gasteiger charge is -2.35. The van der Waals surface area contributed by atoms with Crippen molar-refractivity contribution < 1.29 is 4.79 Å². The number of nitrogens with zero attached hydrogens (tertiary/aromatic N) is 2. The molecule has 0 radical (unpaired) electrons. The third kappa shape index (κ3) is 3.45. The molecule has 0 bridgehead atoms. The quantitative estimate of drug-likeness (QED) is 0.720. The Morgan fingerprint density at radius 2 is 2.00 bits per heavy atom. The van der Waals surface area contributed by atoms with Crippen LogP contribution in [0.15, 0.2) is 61.2 Å². The minimum atomic E-state index is -0.185. The molecule has 1 heterocycles. The summed E-state index contributed by atoms with van der Waals surface area (Å²) in [6, 6.07) is 14.2. The van der Waals surface area contributed by atoms with Gasteiger partial charge in [0.15, 0.2) is 0 Å². The van der Waals surface area contributed by atoms with Gasteiger partial charge >= 0.3 is 6.03 Å². The second kappa shape index (κ2) is 7.27. The van der Waals surface area contributed by atoms with E-state index in [1.807, 2.05) is 50.6 Å². The molecular weight excluding hydrogens is 336 g/mol. The lowest BCUT2D eigenvalue weighted by Crippen LogP contribution is -2.39. The molecule has 0 unspecified atom stereocenters. The van der Waals surface area contributed by atoms with Crippen molar-refractivity contribution in [2.75, 3.05) is 5.32 Å². The predicted octanol–water partition coefficient (Wildman–Crippen LogP) is 4.55. The van der Waals surface area contributed by atoms with Gasteiger partial charge in [0.25, 0.3) is 0 Å². The van der Waals surface area contributed by atoms with E-state index in [0.717, 1.165) is 29.7 Å². The third-order valence-corrected chi connectivity index (χ3v) is 5.53. The summed E-state index contributed by atoms with van der Waals surface area (Å²) in [5.41, 5.74) is 5.56. The van der Waals surface area contributed by atoms with Crippen LogP contribution in [0.3, 0.4) is 0 Å². The Labute approximate surface area is 159 Å². The number of carbonyl (C=O) groups is 1. The van der Waals surface area contributed by atoms with E-state index >= 15 is 0 Å². The van der Waals surface area contributed by atoms with Crippen LogP contribution in [0.5, 0.6) is 0 Å². The molecule has 138 valence electrons. The largest absolute Gasteiger partial charge is 0.332 e. The number of imidazole rings is 1. The van der Waals surface area contributed by atoms with Crippen LogP contribution in [0.25, 0.3) is 0 Å². The average Bonchev–Trinajstić information content (AvgIpc) is 3.20. The molecule has 0 saturated heterocycles. The first-order chi connectivity index (χ1) is 13.1. The van der Waals surface area contributed by atoms with Gasteiger partial charge in [-0.2, -0.15) is 0 Å². The molecule has 0 aliphatic heterocycles. The number of benzene rings is 2. The molecule has 0 saturated carbocycles. The zero-order chi connectivity index (χ0) is 18.8. The molecule has 2 N–H and O–H groups in total. The summed E-state index contributed by atoms with van der Waals surface area (Å²) in [5.74, 6) is 0. The molecule has 1 aromatic heterocycles. The Kier molecular flexibility index (Phi) is 4.67. The van der Waals surface area contributed by atoms with Crippen LogP contribution in [0.2, 0.25) is 0 Å². The van der Waals surface area contributed by atoms with E-state index in [9.17, 15) is 4.79 Å². The van der Waals surface area contributed by atoms with Gasteiger partial charge in [0.1, 0.15) is 0 Å². The standard InChI is InChI=1S/C22H24N4O/c1-15-6-5-9-19(16(15)2)24-22(27)25-21-18-8-4-3-7-17(18)10-11-20(21)26-13-12-23-14-26/h3-9,12-14,20-21H,10-11H2,1-2H3,(H2,24,25,27)/t20-,21-/m1/s1. The summed E-state index contributed by atoms with van der Waals surface area (Å²) in [6.45, 7) is 4.07. The summed E-state index contributed by atoms with van der Waals surface area (Å²) >= 11 is 0. The number of hydrogen-bond donors (Lipinski definition) is 2. The fraction of sp³-hybridized carbons (Fsp3) is 0.273. The van der Waals surface area contributed by atoms with Crippen LogP contribution in [0.4, 0.5) is 10.5 Å². The van der Waals surface area contributed by atoms with E-state index < -0.39 is 0 Å². The van der Waals surface area contributed by atoms with Gasteiger partial charge in [0, 0.05) is 18.1 Å². The van der Waals surface area contributed by atoms with E-state index in [-0.39, 0.29) is 18.1 Å². The van der Waals surface area contributed by atoms with Gasteiger partial charge in [-0.05, 0) is 55.0 Å². The van der Waals surface area contributed by atoms with Gasteiger partial charge in [-0.3, -0.25) is 0 Å². The highest BCUT2D eigenvalue weighted by Crippen LogP contribution is 2.37. The molecule has 3 aromatic rings. The number of hydrogen-bond acceptors (Lipinski definition) is 2. The minimum Gasteiger partial charge on any atom is -0.332 e. The molecule has 2 amide bonds. The van der Waals surface area contributed by atoms with Crippen molar-refractivity contribution in [3.05, 3.63) is 83.4 Å². The first-order valence-electron chi connectivity index (χ1n) is 9.32. The number of rotatable bonds is 3. The zero-order valence-corrected chi connectivity index (χ0v) is 15.6. The maximum atomic E-state index is 12.8. The number of carbonyl (C=O) groups excluding carboxylic acids is 1. The Balaban J connectivity index is 1.60. The molecule has 4 rings (SSSR count). The number of aromatic nitrogens is 2. The van der Waals surface area contributed by atoms with E-state index in [2.05, 4.69) is 38.4 Å². The van der Waals surface area contributed by atoms with E-state index in [1.165, 1.54) is 11.1 Å². The highest BCUT2D eigenvalue weighted by molar-refractivity contribution is 5.90. The Morgan fingerprint density at radius 1 is 1.15 bits per heavy atom. The van der Waals surface area contributed by atoms with Crippen molar-refractivity contribution in [2.45, 2.75) is 38.8 Å². The lowest BCUT2D eigenvalue weighted by atomic mass is 9.84. The average molecular weight is 360 g/mol. The van der Waals surface area contributed by atoms with Crippen LogP contribution in [-0.4, -0.2) is 15.6 Å². The van der Waals surface area contributed by atoms with Crippen molar-refractivity contribution >= 4 is 11.7 Å². The molecule has 27 heavy (non-hydrogen) atoms. The van der Waals surface area contributed by atoms with Crippen molar-refractivity contribution in [1.29, 1.82) is 0 Å². The molecule has 1 aliphatic rings. The SMILES string of the molecule is Cc1cccc(NC(=O)N[C@@H]2c3ccccc3CC[C@H]2n2ccnc2)c1C. The third-order valence-electron chi connectivity index (χ3n) is 5.53. The smallest absolute Gasteiger partial charge is 0.319 e. The van der Waals surface area contributed by atoms with Gasteiger partial charge in [-0.15, -0.1) is 0 Å². The molecule has 5 heteroatoms.